The molecule has 0 amide bonds. The quantitative estimate of drug-likeness (QED) is 0.741. The van der Waals surface area contributed by atoms with Gasteiger partial charge in [0.2, 0.25) is 0 Å². The molecule has 0 radical (unpaired) electrons. The van der Waals surface area contributed by atoms with E-state index >= 15 is 0 Å². The number of aldehydes is 1. The summed E-state index contributed by atoms with van der Waals surface area (Å²) in [6.45, 7) is 2.07. The Labute approximate surface area is 128 Å². The molecular formula is C16H15Cl2NO. The van der Waals surface area contributed by atoms with Crippen molar-refractivity contribution < 1.29 is 4.79 Å². The van der Waals surface area contributed by atoms with Crippen LogP contribution in [0.1, 0.15) is 28.9 Å². The summed E-state index contributed by atoms with van der Waals surface area (Å²) in [5.74, 6) is 0. The molecule has 2 aromatic carbocycles. The van der Waals surface area contributed by atoms with E-state index in [1.807, 2.05) is 36.2 Å². The highest BCUT2D eigenvalue weighted by Crippen LogP contribution is 2.30. The van der Waals surface area contributed by atoms with Crippen LogP contribution in [0.5, 0.6) is 0 Å². The molecule has 104 valence electrons. The van der Waals surface area contributed by atoms with Crippen LogP contribution in [-0.4, -0.2) is 13.3 Å². The second-order valence-electron chi connectivity index (χ2n) is 4.66. The van der Waals surface area contributed by atoms with Gasteiger partial charge in [-0.2, -0.15) is 0 Å². The van der Waals surface area contributed by atoms with Gasteiger partial charge in [-0.1, -0.05) is 35.3 Å². The molecule has 0 aliphatic carbocycles. The van der Waals surface area contributed by atoms with Crippen LogP contribution in [0.25, 0.3) is 0 Å². The first-order valence-corrected chi connectivity index (χ1v) is 7.01. The molecule has 0 aliphatic heterocycles. The monoisotopic (exact) mass is 307 g/mol. The van der Waals surface area contributed by atoms with E-state index in [1.54, 1.807) is 18.2 Å². The second-order valence-corrected chi connectivity index (χ2v) is 5.53. The van der Waals surface area contributed by atoms with Gasteiger partial charge in [-0.3, -0.25) is 4.79 Å². The fourth-order valence-electron chi connectivity index (χ4n) is 2.10. The number of hydrogen-bond acceptors (Lipinski definition) is 2. The first kappa shape index (κ1) is 14.9. The van der Waals surface area contributed by atoms with E-state index in [-0.39, 0.29) is 6.04 Å². The van der Waals surface area contributed by atoms with Crippen molar-refractivity contribution in [2.24, 2.45) is 0 Å². The molecule has 0 saturated carbocycles. The fourth-order valence-corrected chi connectivity index (χ4v) is 2.39. The molecule has 0 bridgehead atoms. The van der Waals surface area contributed by atoms with E-state index in [9.17, 15) is 4.79 Å². The van der Waals surface area contributed by atoms with Crippen LogP contribution in [0, 0.1) is 0 Å². The molecule has 0 fully saturated rings. The lowest BCUT2D eigenvalue weighted by atomic mass is 10.1. The SMILES string of the molecule is CC(c1ccc(Cl)cc1)N(C)c1cc(Cl)ccc1C=O. The van der Waals surface area contributed by atoms with Gasteiger partial charge in [0.15, 0.2) is 6.29 Å². The molecule has 0 heterocycles. The second kappa shape index (κ2) is 6.29. The first-order valence-electron chi connectivity index (χ1n) is 6.26. The van der Waals surface area contributed by atoms with Crippen molar-refractivity contribution in [3.63, 3.8) is 0 Å². The number of anilines is 1. The Morgan fingerprint density at radius 2 is 1.65 bits per heavy atom. The summed E-state index contributed by atoms with van der Waals surface area (Å²) in [6.07, 6.45) is 0.844. The number of benzene rings is 2. The third-order valence-corrected chi connectivity index (χ3v) is 3.92. The summed E-state index contributed by atoms with van der Waals surface area (Å²) < 4.78 is 0. The van der Waals surface area contributed by atoms with E-state index in [4.69, 9.17) is 23.2 Å². The average molecular weight is 308 g/mol. The van der Waals surface area contributed by atoms with Crippen molar-refractivity contribution in [3.05, 3.63) is 63.6 Å². The van der Waals surface area contributed by atoms with Gasteiger partial charge < -0.3 is 4.90 Å². The van der Waals surface area contributed by atoms with E-state index < -0.39 is 0 Å². The lowest BCUT2D eigenvalue weighted by molar-refractivity contribution is 0.112. The highest BCUT2D eigenvalue weighted by Gasteiger charge is 2.15. The lowest BCUT2D eigenvalue weighted by Crippen LogP contribution is -2.22. The Kier molecular flexibility index (Phi) is 4.69. The first-order chi connectivity index (χ1) is 9.52. The summed E-state index contributed by atoms with van der Waals surface area (Å²) >= 11 is 11.9. The van der Waals surface area contributed by atoms with Gasteiger partial charge >= 0.3 is 0 Å². The number of carbonyl (C=O) groups excluding carboxylic acids is 1. The molecule has 2 aromatic rings. The number of rotatable bonds is 4. The molecule has 4 heteroatoms. The Bertz CT molecular complexity index is 610. The third kappa shape index (κ3) is 3.14. The zero-order chi connectivity index (χ0) is 14.7. The summed E-state index contributed by atoms with van der Waals surface area (Å²) in [5, 5.41) is 1.32. The van der Waals surface area contributed by atoms with Crippen LogP contribution < -0.4 is 4.90 Å². The molecule has 2 nitrogen and oxygen atoms in total. The maximum Gasteiger partial charge on any atom is 0.152 e. The Morgan fingerprint density at radius 1 is 1.05 bits per heavy atom. The molecule has 0 spiro atoms. The molecule has 0 aliphatic rings. The van der Waals surface area contributed by atoms with E-state index in [1.165, 1.54) is 0 Å². The van der Waals surface area contributed by atoms with Crippen LogP contribution in [0.3, 0.4) is 0 Å². The molecule has 1 unspecified atom stereocenters. The predicted molar refractivity (Wildman–Crippen MR) is 85.1 cm³/mol. The van der Waals surface area contributed by atoms with Gasteiger partial charge in [0.25, 0.3) is 0 Å². The molecule has 0 saturated heterocycles. The smallest absolute Gasteiger partial charge is 0.152 e. The Morgan fingerprint density at radius 3 is 2.25 bits per heavy atom. The van der Waals surface area contributed by atoms with Crippen molar-refractivity contribution in [2.45, 2.75) is 13.0 Å². The summed E-state index contributed by atoms with van der Waals surface area (Å²) in [6, 6.07) is 13.0. The van der Waals surface area contributed by atoms with Gasteiger partial charge in [-0.15, -0.1) is 0 Å². The fraction of sp³-hybridized carbons (Fsp3) is 0.188. The van der Waals surface area contributed by atoms with E-state index in [2.05, 4.69) is 6.92 Å². The number of carbonyl (C=O) groups is 1. The Hall–Kier alpha value is -1.51. The topological polar surface area (TPSA) is 20.3 Å². The number of hydrogen-bond donors (Lipinski definition) is 0. The largest absolute Gasteiger partial charge is 0.367 e. The van der Waals surface area contributed by atoms with Crippen molar-refractivity contribution in [1.82, 2.24) is 0 Å². The molecule has 2 rings (SSSR count). The highest BCUT2D eigenvalue weighted by atomic mass is 35.5. The van der Waals surface area contributed by atoms with Crippen LogP contribution in [-0.2, 0) is 0 Å². The normalized spacial score (nSPS) is 12.0. The number of nitrogens with zero attached hydrogens (tertiary/aromatic N) is 1. The molecular weight excluding hydrogens is 293 g/mol. The zero-order valence-corrected chi connectivity index (χ0v) is 12.8. The third-order valence-electron chi connectivity index (χ3n) is 3.43. The van der Waals surface area contributed by atoms with Crippen LogP contribution in [0.15, 0.2) is 42.5 Å². The van der Waals surface area contributed by atoms with Crippen LogP contribution in [0.4, 0.5) is 5.69 Å². The van der Waals surface area contributed by atoms with Gasteiger partial charge in [0.05, 0.1) is 6.04 Å². The Balaban J connectivity index is 2.35. The maximum atomic E-state index is 11.2. The van der Waals surface area contributed by atoms with Gasteiger partial charge in [-0.05, 0) is 42.8 Å². The van der Waals surface area contributed by atoms with E-state index in [0.717, 1.165) is 17.5 Å². The molecule has 1 atom stereocenters. The van der Waals surface area contributed by atoms with Crippen molar-refractivity contribution in [3.8, 4) is 0 Å². The summed E-state index contributed by atoms with van der Waals surface area (Å²) in [5.41, 5.74) is 2.56. The van der Waals surface area contributed by atoms with Gasteiger partial charge in [0, 0.05) is 28.3 Å². The lowest BCUT2D eigenvalue weighted by Gasteiger charge is -2.28. The molecule has 0 aromatic heterocycles. The standard InChI is InChI=1S/C16H15Cl2NO/c1-11(12-3-6-14(17)7-4-12)19(2)16-9-15(18)8-5-13(16)10-20/h3-11H,1-2H3. The highest BCUT2D eigenvalue weighted by molar-refractivity contribution is 6.31. The maximum absolute atomic E-state index is 11.2. The predicted octanol–water partition coefficient (Wildman–Crippen LogP) is 5.00. The summed E-state index contributed by atoms with van der Waals surface area (Å²) in [7, 11) is 1.94. The minimum Gasteiger partial charge on any atom is -0.367 e. The van der Waals surface area contributed by atoms with Crippen LogP contribution >= 0.6 is 23.2 Å². The average Bonchev–Trinajstić information content (AvgIpc) is 2.46. The van der Waals surface area contributed by atoms with Crippen molar-refractivity contribution >= 4 is 35.2 Å². The minimum absolute atomic E-state index is 0.101. The number of halogens is 2. The van der Waals surface area contributed by atoms with E-state index in [0.29, 0.717) is 15.6 Å². The minimum atomic E-state index is 0.101. The molecule has 20 heavy (non-hydrogen) atoms. The van der Waals surface area contributed by atoms with Crippen LogP contribution in [0.2, 0.25) is 10.0 Å². The van der Waals surface area contributed by atoms with Crippen molar-refractivity contribution in [2.75, 3.05) is 11.9 Å². The molecule has 0 N–H and O–H groups in total. The van der Waals surface area contributed by atoms with Crippen molar-refractivity contribution in [1.29, 1.82) is 0 Å². The summed E-state index contributed by atoms with van der Waals surface area (Å²) in [4.78, 5) is 13.2. The van der Waals surface area contributed by atoms with Gasteiger partial charge in [0.1, 0.15) is 0 Å². The van der Waals surface area contributed by atoms with Gasteiger partial charge in [-0.25, -0.2) is 0 Å². The zero-order valence-electron chi connectivity index (χ0n) is 11.3.